The van der Waals surface area contributed by atoms with Gasteiger partial charge in [0.1, 0.15) is 0 Å². The molecule has 0 saturated carbocycles. The second-order valence-corrected chi connectivity index (χ2v) is 10.3. The number of amides is 2. The number of hydrogen-bond acceptors (Lipinski definition) is 10. The van der Waals surface area contributed by atoms with Gasteiger partial charge in [-0.25, -0.2) is 0 Å². The van der Waals surface area contributed by atoms with Crippen LogP contribution in [0.1, 0.15) is 66.2 Å². The molecule has 0 aromatic carbocycles. The average Bonchev–Trinajstić information content (AvgIpc) is 2.90. The lowest BCUT2D eigenvalue weighted by Gasteiger charge is -2.16. The highest BCUT2D eigenvalue weighted by Gasteiger charge is 2.10. The van der Waals surface area contributed by atoms with Crippen LogP contribution in [-0.4, -0.2) is 126 Å². The normalized spacial score (nSPS) is 11.3. The molecule has 0 bridgehead atoms. The lowest BCUT2D eigenvalue weighted by Crippen LogP contribution is -2.32. The number of esters is 2. The number of rotatable bonds is 25. The van der Waals surface area contributed by atoms with Gasteiger partial charge < -0.3 is 39.4 Å². The topological polar surface area (TPSA) is 136 Å². The van der Waals surface area contributed by atoms with Gasteiger partial charge in [-0.15, -0.1) is 0 Å². The highest BCUT2D eigenvalue weighted by molar-refractivity contribution is 5.76. The van der Waals surface area contributed by atoms with Crippen molar-refractivity contribution in [1.29, 1.82) is 0 Å². The van der Waals surface area contributed by atoms with Crippen LogP contribution in [0.3, 0.4) is 0 Å². The van der Waals surface area contributed by atoms with Crippen LogP contribution in [0.15, 0.2) is 0 Å². The molecule has 12 heteroatoms. The maximum atomic E-state index is 11.9. The fraction of sp³-hybridized carbons (Fsp3) is 0.857. The Morgan fingerprint density at radius 2 is 0.925 bits per heavy atom. The first-order valence-electron chi connectivity index (χ1n) is 14.4. The molecular weight excluding hydrogens is 520 g/mol. The van der Waals surface area contributed by atoms with Crippen molar-refractivity contribution in [2.75, 3.05) is 79.8 Å². The van der Waals surface area contributed by atoms with Crippen molar-refractivity contribution in [3.8, 4) is 0 Å². The fourth-order valence-corrected chi connectivity index (χ4v) is 3.24. The van der Waals surface area contributed by atoms with Gasteiger partial charge in [-0.1, -0.05) is 0 Å². The summed E-state index contributed by atoms with van der Waals surface area (Å²) in [6.45, 7) is 12.4. The van der Waals surface area contributed by atoms with Crippen molar-refractivity contribution in [2.45, 2.75) is 78.4 Å². The van der Waals surface area contributed by atoms with Gasteiger partial charge in [-0.3, -0.25) is 19.2 Å². The van der Waals surface area contributed by atoms with Gasteiger partial charge in [0, 0.05) is 52.1 Å². The van der Waals surface area contributed by atoms with Crippen LogP contribution in [0.4, 0.5) is 0 Å². The maximum absolute atomic E-state index is 11.9. The van der Waals surface area contributed by atoms with E-state index in [9.17, 15) is 19.2 Å². The maximum Gasteiger partial charge on any atom is 0.307 e. The van der Waals surface area contributed by atoms with Crippen LogP contribution in [-0.2, 0) is 38.1 Å². The number of ether oxygens (including phenoxy) is 4. The zero-order valence-corrected chi connectivity index (χ0v) is 25.6. The number of carbonyl (C=O) groups is 4. The molecule has 0 radical (unpaired) electrons. The van der Waals surface area contributed by atoms with Gasteiger partial charge in [0.15, 0.2) is 0 Å². The first-order valence-corrected chi connectivity index (χ1v) is 14.4. The predicted octanol–water partition coefficient (Wildman–Crippen LogP) is 1.36. The number of unbranched alkanes of at least 4 members (excludes halogenated alkanes) is 1. The number of carbonyl (C=O) groups excluding carboxylic acids is 4. The van der Waals surface area contributed by atoms with E-state index in [1.807, 2.05) is 51.6 Å². The van der Waals surface area contributed by atoms with Crippen LogP contribution in [0, 0.1) is 0 Å². The monoisotopic (exact) mass is 574 g/mol. The Labute approximate surface area is 240 Å². The molecule has 2 amide bonds. The third-order valence-corrected chi connectivity index (χ3v) is 5.65. The second-order valence-electron chi connectivity index (χ2n) is 10.3. The molecule has 0 rings (SSSR count). The van der Waals surface area contributed by atoms with Crippen molar-refractivity contribution >= 4 is 23.8 Å². The molecule has 0 spiro atoms. The molecule has 0 heterocycles. The van der Waals surface area contributed by atoms with Crippen LogP contribution < -0.4 is 10.6 Å². The summed E-state index contributed by atoms with van der Waals surface area (Å²) in [7, 11) is 3.72. The zero-order chi connectivity index (χ0) is 30.2. The Morgan fingerprint density at radius 1 is 0.575 bits per heavy atom. The standard InChI is InChI=1S/C28H54N4O8/c1-23(2)37-21-13-29-25(33)9-15-31(5)17-11-27(35)39-19-7-8-20-40-28(36)12-18-32(6)16-10-26(34)30-14-22-38-24(3)4/h23-24H,7-22H2,1-6H3,(H,29,33)(H,30,34). The summed E-state index contributed by atoms with van der Waals surface area (Å²) >= 11 is 0. The van der Waals surface area contributed by atoms with E-state index in [-0.39, 0.29) is 62.0 Å². The highest BCUT2D eigenvalue weighted by atomic mass is 16.5. The molecule has 0 saturated heterocycles. The van der Waals surface area contributed by atoms with Crippen LogP contribution in [0.2, 0.25) is 0 Å². The van der Waals surface area contributed by atoms with E-state index in [4.69, 9.17) is 18.9 Å². The van der Waals surface area contributed by atoms with Crippen molar-refractivity contribution in [3.05, 3.63) is 0 Å². The molecule has 2 N–H and O–H groups in total. The van der Waals surface area contributed by atoms with Crippen LogP contribution >= 0.6 is 0 Å². The third kappa shape index (κ3) is 26.0. The number of hydrogen-bond donors (Lipinski definition) is 2. The van der Waals surface area contributed by atoms with Gasteiger partial charge >= 0.3 is 11.9 Å². The molecule has 0 fully saturated rings. The lowest BCUT2D eigenvalue weighted by atomic mass is 10.3. The molecule has 0 unspecified atom stereocenters. The fourth-order valence-electron chi connectivity index (χ4n) is 3.24. The van der Waals surface area contributed by atoms with Gasteiger partial charge in [-0.05, 0) is 54.6 Å². The minimum Gasteiger partial charge on any atom is -0.466 e. The minimum atomic E-state index is -0.292. The van der Waals surface area contributed by atoms with Crippen molar-refractivity contribution in [1.82, 2.24) is 20.4 Å². The predicted molar refractivity (Wildman–Crippen MR) is 153 cm³/mol. The number of nitrogens with zero attached hydrogens (tertiary/aromatic N) is 2. The molecule has 234 valence electrons. The van der Waals surface area contributed by atoms with Gasteiger partial charge in [-0.2, -0.15) is 0 Å². The van der Waals surface area contributed by atoms with Crippen LogP contribution in [0.5, 0.6) is 0 Å². The molecule has 0 aromatic heterocycles. The van der Waals surface area contributed by atoms with E-state index in [0.29, 0.717) is 78.2 Å². The van der Waals surface area contributed by atoms with Crippen LogP contribution in [0.25, 0.3) is 0 Å². The third-order valence-electron chi connectivity index (χ3n) is 5.65. The summed E-state index contributed by atoms with van der Waals surface area (Å²) in [5.41, 5.74) is 0. The van der Waals surface area contributed by atoms with E-state index in [1.165, 1.54) is 0 Å². The smallest absolute Gasteiger partial charge is 0.307 e. The Balaban J connectivity index is 3.67. The Kier molecular flexibility index (Phi) is 23.1. The Morgan fingerprint density at radius 3 is 1.27 bits per heavy atom. The van der Waals surface area contributed by atoms with E-state index >= 15 is 0 Å². The largest absolute Gasteiger partial charge is 0.466 e. The minimum absolute atomic E-state index is 0.0435. The van der Waals surface area contributed by atoms with Crippen molar-refractivity contribution in [2.24, 2.45) is 0 Å². The Hall–Kier alpha value is -2.28. The van der Waals surface area contributed by atoms with Gasteiger partial charge in [0.2, 0.25) is 11.8 Å². The Bertz CT molecular complexity index is 648. The second kappa shape index (κ2) is 24.5. The number of nitrogens with one attached hydrogen (secondary N) is 2. The lowest BCUT2D eigenvalue weighted by molar-refractivity contribution is -0.146. The van der Waals surface area contributed by atoms with E-state index in [0.717, 1.165) is 0 Å². The summed E-state index contributed by atoms with van der Waals surface area (Å²) in [6.07, 6.45) is 2.70. The molecule has 0 aliphatic rings. The molecule has 12 nitrogen and oxygen atoms in total. The quantitative estimate of drug-likeness (QED) is 0.122. The zero-order valence-electron chi connectivity index (χ0n) is 25.6. The molecule has 0 aliphatic heterocycles. The van der Waals surface area contributed by atoms with Gasteiger partial charge in [0.05, 0.1) is 51.5 Å². The van der Waals surface area contributed by atoms with E-state index in [1.54, 1.807) is 0 Å². The molecular formula is C28H54N4O8. The average molecular weight is 575 g/mol. The molecule has 0 atom stereocenters. The summed E-state index contributed by atoms with van der Waals surface area (Å²) in [4.78, 5) is 51.4. The van der Waals surface area contributed by atoms with Gasteiger partial charge in [0.25, 0.3) is 0 Å². The summed E-state index contributed by atoms with van der Waals surface area (Å²) in [5, 5.41) is 5.62. The first-order chi connectivity index (χ1) is 19.0. The van der Waals surface area contributed by atoms with Crippen molar-refractivity contribution < 1.29 is 38.1 Å². The highest BCUT2D eigenvalue weighted by Crippen LogP contribution is 1.99. The first kappa shape index (κ1) is 37.7. The summed E-state index contributed by atoms with van der Waals surface area (Å²) in [6, 6.07) is 0. The molecule has 0 aliphatic carbocycles. The van der Waals surface area contributed by atoms with E-state index < -0.39 is 0 Å². The molecule has 0 aromatic rings. The van der Waals surface area contributed by atoms with E-state index in [2.05, 4.69) is 10.6 Å². The SMILES string of the molecule is CC(C)OCCNC(=O)CCN(C)CCC(=O)OCCCCOC(=O)CCN(C)CCC(=O)NCCOC(C)C. The summed E-state index contributed by atoms with van der Waals surface area (Å²) < 4.78 is 21.2. The molecule has 40 heavy (non-hydrogen) atoms. The summed E-state index contributed by atoms with van der Waals surface area (Å²) in [5.74, 6) is -0.671. The van der Waals surface area contributed by atoms with Crippen molar-refractivity contribution in [3.63, 3.8) is 0 Å².